The molecule has 6 aromatic carbocycles. The van der Waals surface area contributed by atoms with E-state index in [1.165, 1.54) is 60.8 Å². The van der Waals surface area contributed by atoms with E-state index in [9.17, 15) is 107 Å². The molecule has 0 atom stereocenters. The zero-order valence-electron chi connectivity index (χ0n) is 59.7. The number of rotatable bonds is 12. The highest BCUT2D eigenvalue weighted by molar-refractivity contribution is 6.48. The minimum atomic E-state index is -0.886. The molecule has 14 rings (SSSR count). The second kappa shape index (κ2) is 28.8. The van der Waals surface area contributed by atoms with E-state index in [0.29, 0.717) is 66.8 Å². The molecule has 8 aliphatic carbocycles. The van der Waals surface area contributed by atoms with Gasteiger partial charge in [-0.25, -0.2) is 0 Å². The van der Waals surface area contributed by atoms with Gasteiger partial charge in [-0.3, -0.25) is 76.7 Å². The Kier molecular flexibility index (Phi) is 19.2. The lowest BCUT2D eigenvalue weighted by Crippen LogP contribution is -2.15. The van der Waals surface area contributed by atoms with Crippen LogP contribution in [-0.2, 0) is 76.7 Å². The highest BCUT2D eigenvalue weighted by atomic mass is 16.3. The first-order valence-electron chi connectivity index (χ1n) is 34.1. The summed E-state index contributed by atoms with van der Waals surface area (Å²) in [5.74, 6) is -12.3. The third kappa shape index (κ3) is 13.9. The fourth-order valence-corrected chi connectivity index (χ4v) is 14.0. The summed E-state index contributed by atoms with van der Waals surface area (Å²) in [7, 11) is 0. The van der Waals surface area contributed by atoms with Gasteiger partial charge in [0.2, 0.25) is 0 Å². The summed E-state index contributed by atoms with van der Waals surface area (Å²) < 4.78 is 0. The maximum absolute atomic E-state index is 13.7. The molecule has 0 unspecified atom stereocenters. The third-order valence-corrected chi connectivity index (χ3v) is 19.7. The highest BCUT2D eigenvalue weighted by Gasteiger charge is 2.35. The lowest BCUT2D eigenvalue weighted by atomic mass is 9.81. The van der Waals surface area contributed by atoms with E-state index >= 15 is 0 Å². The van der Waals surface area contributed by atoms with Crippen molar-refractivity contribution in [2.45, 2.75) is 41.5 Å². The summed E-state index contributed by atoms with van der Waals surface area (Å²) in [6.07, 6.45) is 21.9. The van der Waals surface area contributed by atoms with E-state index in [0.717, 1.165) is 97.2 Å². The number of aryl methyl sites for hydroxylation is 6. The average Bonchev–Trinajstić information content (AvgIpc) is 0.705. The van der Waals surface area contributed by atoms with E-state index in [1.54, 1.807) is 77.9 Å². The van der Waals surface area contributed by atoms with Crippen LogP contribution in [-0.4, -0.2) is 123 Å². The minimum absolute atomic E-state index is 0.197. The predicted molar refractivity (Wildman–Crippen MR) is 409 cm³/mol. The summed E-state index contributed by atoms with van der Waals surface area (Å²) in [6, 6.07) is 16.0. The number of carbonyl (C=O) groups excluding carboxylic acids is 16. The van der Waals surface area contributed by atoms with Crippen LogP contribution in [0.15, 0.2) is 194 Å². The van der Waals surface area contributed by atoms with Gasteiger partial charge in [0, 0.05) is 100 Å². The number of hydrogen-bond donors (Lipinski definition) is 6. The molecule has 0 aliphatic heterocycles. The van der Waals surface area contributed by atoms with Crippen LogP contribution in [0, 0.1) is 41.5 Å². The second-order valence-corrected chi connectivity index (χ2v) is 27.1. The first-order chi connectivity index (χ1) is 53.0. The molecule has 6 aromatic rings. The monoisotopic (exact) mass is 1490 g/mol. The van der Waals surface area contributed by atoms with Crippen molar-refractivity contribution in [3.8, 4) is 34.5 Å². The Balaban J connectivity index is 0.000000196. The van der Waals surface area contributed by atoms with Crippen LogP contribution < -0.4 is 0 Å². The average molecular weight is 1490 g/mol. The van der Waals surface area contributed by atoms with Crippen molar-refractivity contribution in [1.29, 1.82) is 0 Å². The number of benzene rings is 6. The van der Waals surface area contributed by atoms with Gasteiger partial charge in [0.15, 0.2) is 92.5 Å². The Bertz CT molecular complexity index is 5540. The number of ketones is 16. The van der Waals surface area contributed by atoms with Crippen molar-refractivity contribution < 1.29 is 107 Å². The SMILES string of the molecule is Cc1cc(C2=CC(=O)C(c3cc(C)c(C4=CC(=O)C(c5cc(C)c(C6=CC(=O)C=CC6=O)cc5C)=CC4=O)cc3C)=CC2=O)c(C)cc1C1=CC(=O)C=CC1=O.O=C1C=CC(=O)C(c2cc(O)c(C3=CC(=O)C(c4cc(O)c(C5=CC(=O)C(c6cc(O)c(C7=CC(=O)C=CC7=O)cc6O)=CC5=O)cc4O)=CC3=O)cc2O)=C1. The highest BCUT2D eigenvalue weighted by Crippen LogP contribution is 2.45. The topological polar surface area (TPSA) is 394 Å². The lowest BCUT2D eigenvalue weighted by Gasteiger charge is -2.20. The van der Waals surface area contributed by atoms with Crippen molar-refractivity contribution in [2.75, 3.05) is 0 Å². The van der Waals surface area contributed by atoms with Crippen LogP contribution in [0.1, 0.15) is 100 Å². The first kappa shape index (κ1) is 74.9. The maximum Gasteiger partial charge on any atom is 0.187 e. The summed E-state index contributed by atoms with van der Waals surface area (Å²) in [5.41, 5.74) is 4.87. The van der Waals surface area contributed by atoms with Crippen LogP contribution in [0.4, 0.5) is 0 Å². The molecule has 6 N–H and O–H groups in total. The molecule has 0 saturated heterocycles. The molecular formula is C90H56O22. The van der Waals surface area contributed by atoms with Crippen molar-refractivity contribution >= 4 is 159 Å². The zero-order chi connectivity index (χ0) is 80.6. The van der Waals surface area contributed by atoms with Crippen LogP contribution in [0.25, 0.3) is 66.9 Å². The molecule has 0 fully saturated rings. The minimum Gasteiger partial charge on any atom is -0.507 e. The fourth-order valence-electron chi connectivity index (χ4n) is 14.0. The standard InChI is InChI=1S/C48H34O8.C42H22O14/c1-23-13-33(25(3)11-31(23)37-17-29(49)7-9-43(37)51)39-19-47(55)41(21-45(39)53)35-15-28(6)36(16-27(35)5)42-22-46(54)40(20-48(42)56)34-14-24(2)32(12-26(34)4)38-18-30(50)8-10-44(38)52;43-17-1-3-31(45)19(5-17)21-7-35(49)23(9-33(21)47)25-11-39(53)27(13-37(25)51)29-15-42(56)30(16-41(29)55)28-14-38(52)26(12-40(28)54)24-10-34(48)22(8-36(24)50)20-6-18(44)2-4-32(20)46/h7-22H,1-6H3;1-16,47-50,55-56H. The molecule has 0 radical (unpaired) electrons. The van der Waals surface area contributed by atoms with Gasteiger partial charge in [-0.05, 0) is 266 Å². The largest absolute Gasteiger partial charge is 0.507 e. The van der Waals surface area contributed by atoms with E-state index < -0.39 is 91.9 Å². The molecule has 0 saturated carbocycles. The van der Waals surface area contributed by atoms with Gasteiger partial charge in [-0.1, -0.05) is 36.4 Å². The molecular weight excluding hydrogens is 1430 g/mol. The Labute approximate surface area is 634 Å². The number of aromatic hydroxyl groups is 6. The molecule has 0 amide bonds. The quantitative estimate of drug-likeness (QED) is 0.0490. The van der Waals surface area contributed by atoms with Gasteiger partial charge in [0.1, 0.15) is 34.5 Å². The van der Waals surface area contributed by atoms with Gasteiger partial charge >= 0.3 is 0 Å². The molecule has 0 aromatic heterocycles. The molecule has 22 nitrogen and oxygen atoms in total. The molecule has 548 valence electrons. The van der Waals surface area contributed by atoms with Gasteiger partial charge in [-0.15, -0.1) is 0 Å². The fraction of sp³-hybridized carbons (Fsp3) is 0.0667. The van der Waals surface area contributed by atoms with Crippen molar-refractivity contribution in [1.82, 2.24) is 0 Å². The summed E-state index contributed by atoms with van der Waals surface area (Å²) in [5, 5.41) is 64.7. The second-order valence-electron chi connectivity index (χ2n) is 27.1. The van der Waals surface area contributed by atoms with E-state index in [1.807, 2.05) is 0 Å². The number of phenolic OH excluding ortho intramolecular Hbond substituents is 6. The molecule has 0 spiro atoms. The van der Waals surface area contributed by atoms with E-state index in [4.69, 9.17) is 0 Å². The number of phenols is 6. The maximum atomic E-state index is 13.7. The predicted octanol–water partition coefficient (Wildman–Crippen LogP) is 10.3. The Morgan fingerprint density at radius 2 is 0.277 bits per heavy atom. The van der Waals surface area contributed by atoms with Gasteiger partial charge in [0.05, 0.1) is 0 Å². The Morgan fingerprint density at radius 1 is 0.152 bits per heavy atom. The van der Waals surface area contributed by atoms with Crippen LogP contribution >= 0.6 is 0 Å². The summed E-state index contributed by atoms with van der Waals surface area (Å²) in [6.45, 7) is 10.6. The lowest BCUT2D eigenvalue weighted by molar-refractivity contribution is -0.113. The van der Waals surface area contributed by atoms with Gasteiger partial charge in [-0.2, -0.15) is 0 Å². The summed E-state index contributed by atoms with van der Waals surface area (Å²) >= 11 is 0. The molecule has 22 heteroatoms. The van der Waals surface area contributed by atoms with Crippen molar-refractivity contribution in [2.24, 2.45) is 0 Å². The molecule has 0 heterocycles. The molecule has 0 bridgehead atoms. The smallest absolute Gasteiger partial charge is 0.187 e. The number of allylic oxidation sites excluding steroid dienone is 32. The van der Waals surface area contributed by atoms with Crippen LogP contribution in [0.5, 0.6) is 34.5 Å². The third-order valence-electron chi connectivity index (χ3n) is 19.7. The van der Waals surface area contributed by atoms with Crippen molar-refractivity contribution in [3.63, 3.8) is 0 Å². The first-order valence-corrected chi connectivity index (χ1v) is 34.1. The van der Waals surface area contributed by atoms with E-state index in [2.05, 4.69) is 0 Å². The van der Waals surface area contributed by atoms with Gasteiger partial charge < -0.3 is 30.6 Å². The normalized spacial score (nSPS) is 17.1. The Morgan fingerprint density at radius 3 is 0.429 bits per heavy atom. The summed E-state index contributed by atoms with van der Waals surface area (Å²) in [4.78, 5) is 205. The van der Waals surface area contributed by atoms with Crippen LogP contribution in [0.2, 0.25) is 0 Å². The molecule has 112 heavy (non-hydrogen) atoms. The number of carbonyl (C=O) groups is 16. The zero-order valence-corrected chi connectivity index (χ0v) is 59.7. The number of hydrogen-bond acceptors (Lipinski definition) is 22. The molecule has 8 aliphatic rings. The van der Waals surface area contributed by atoms with E-state index in [-0.39, 0.29) is 135 Å². The van der Waals surface area contributed by atoms with Crippen molar-refractivity contribution in [3.05, 3.63) is 294 Å². The Hall–Kier alpha value is -15.3. The van der Waals surface area contributed by atoms with Gasteiger partial charge in [0.25, 0.3) is 0 Å². The van der Waals surface area contributed by atoms with Crippen LogP contribution in [0.3, 0.4) is 0 Å².